The second-order valence-corrected chi connectivity index (χ2v) is 6.92. The molecular weight excluding hydrogens is 362 g/mol. The van der Waals surface area contributed by atoms with E-state index in [0.717, 1.165) is 0 Å². The summed E-state index contributed by atoms with van der Waals surface area (Å²) in [5.74, 6) is 1.87. The van der Waals surface area contributed by atoms with Crippen LogP contribution in [-0.4, -0.2) is 31.2 Å². The monoisotopic (exact) mass is 387 g/mol. The van der Waals surface area contributed by atoms with Crippen molar-refractivity contribution in [2.45, 2.75) is 32.6 Å². The standard InChI is InChI=1S/C20H25N3O5/c1-12-10-18(23-28-12)22-20(25)14-6-4-13(5-7-14)19(24)21-16-9-8-15(26-2)11-17(16)27-3/h8-11,13-14H,4-7H2,1-3H3,(H,21,24)(H,22,23,25). The van der Waals surface area contributed by atoms with Gasteiger partial charge in [-0.1, -0.05) is 5.16 Å². The van der Waals surface area contributed by atoms with Crippen molar-refractivity contribution < 1.29 is 23.6 Å². The Morgan fingerprint density at radius 3 is 2.18 bits per heavy atom. The number of methoxy groups -OCH3 is 2. The first-order chi connectivity index (χ1) is 13.5. The molecule has 8 heteroatoms. The second-order valence-electron chi connectivity index (χ2n) is 6.92. The van der Waals surface area contributed by atoms with Crippen LogP contribution in [0.3, 0.4) is 0 Å². The SMILES string of the molecule is COc1ccc(NC(=O)C2CCC(C(=O)Nc3cc(C)on3)CC2)c(OC)c1. The molecule has 1 aromatic carbocycles. The lowest BCUT2D eigenvalue weighted by Gasteiger charge is -2.27. The summed E-state index contributed by atoms with van der Waals surface area (Å²) in [5.41, 5.74) is 0.606. The van der Waals surface area contributed by atoms with Crippen LogP contribution in [0.5, 0.6) is 11.5 Å². The average Bonchev–Trinajstić information content (AvgIpc) is 3.12. The molecule has 0 spiro atoms. The van der Waals surface area contributed by atoms with E-state index in [9.17, 15) is 9.59 Å². The maximum Gasteiger partial charge on any atom is 0.228 e. The number of aryl methyl sites for hydroxylation is 1. The van der Waals surface area contributed by atoms with Gasteiger partial charge in [-0.2, -0.15) is 0 Å². The van der Waals surface area contributed by atoms with Crippen molar-refractivity contribution >= 4 is 23.3 Å². The van der Waals surface area contributed by atoms with Crippen molar-refractivity contribution in [3.05, 3.63) is 30.0 Å². The molecule has 0 radical (unpaired) electrons. The van der Waals surface area contributed by atoms with Gasteiger partial charge in [-0.15, -0.1) is 0 Å². The fourth-order valence-corrected chi connectivity index (χ4v) is 3.41. The van der Waals surface area contributed by atoms with E-state index in [-0.39, 0.29) is 23.7 Å². The van der Waals surface area contributed by atoms with Gasteiger partial charge in [-0.3, -0.25) is 9.59 Å². The Labute approximate surface area is 163 Å². The number of carbonyl (C=O) groups excluding carboxylic acids is 2. The third kappa shape index (κ3) is 4.62. The van der Waals surface area contributed by atoms with Crippen molar-refractivity contribution in [1.82, 2.24) is 5.16 Å². The summed E-state index contributed by atoms with van der Waals surface area (Å²) >= 11 is 0. The molecule has 2 N–H and O–H groups in total. The molecule has 1 heterocycles. The lowest BCUT2D eigenvalue weighted by atomic mass is 9.81. The van der Waals surface area contributed by atoms with Crippen molar-refractivity contribution in [2.24, 2.45) is 11.8 Å². The van der Waals surface area contributed by atoms with Gasteiger partial charge in [0.05, 0.1) is 19.9 Å². The van der Waals surface area contributed by atoms with Crippen LogP contribution < -0.4 is 20.1 Å². The number of hydrogen-bond donors (Lipinski definition) is 2. The van der Waals surface area contributed by atoms with Crippen LogP contribution in [0.4, 0.5) is 11.5 Å². The van der Waals surface area contributed by atoms with Crippen LogP contribution in [0.25, 0.3) is 0 Å². The number of ether oxygens (including phenoxy) is 2. The van der Waals surface area contributed by atoms with Gasteiger partial charge in [0.1, 0.15) is 17.3 Å². The molecule has 28 heavy (non-hydrogen) atoms. The summed E-state index contributed by atoms with van der Waals surface area (Å²) in [5, 5.41) is 9.47. The van der Waals surface area contributed by atoms with Crippen LogP contribution in [0.1, 0.15) is 31.4 Å². The van der Waals surface area contributed by atoms with Crippen LogP contribution >= 0.6 is 0 Å². The van der Waals surface area contributed by atoms with Crippen LogP contribution in [0, 0.1) is 18.8 Å². The zero-order chi connectivity index (χ0) is 20.1. The maximum absolute atomic E-state index is 12.6. The normalized spacial score (nSPS) is 19.0. The minimum Gasteiger partial charge on any atom is -0.497 e. The molecule has 150 valence electrons. The molecule has 0 aliphatic heterocycles. The van der Waals surface area contributed by atoms with Gasteiger partial charge < -0.3 is 24.6 Å². The summed E-state index contributed by atoms with van der Waals surface area (Å²) in [4.78, 5) is 25.0. The number of rotatable bonds is 6. The van der Waals surface area contributed by atoms with E-state index in [0.29, 0.717) is 54.4 Å². The molecule has 3 rings (SSSR count). The number of carbonyl (C=O) groups is 2. The summed E-state index contributed by atoms with van der Waals surface area (Å²) in [7, 11) is 3.12. The van der Waals surface area contributed by atoms with E-state index >= 15 is 0 Å². The maximum atomic E-state index is 12.6. The Bertz CT molecular complexity index is 840. The van der Waals surface area contributed by atoms with E-state index in [2.05, 4.69) is 15.8 Å². The molecule has 1 saturated carbocycles. The number of amides is 2. The summed E-state index contributed by atoms with van der Waals surface area (Å²) < 4.78 is 15.4. The van der Waals surface area contributed by atoms with Crippen molar-refractivity contribution in [2.75, 3.05) is 24.9 Å². The molecule has 1 aliphatic rings. The van der Waals surface area contributed by atoms with E-state index in [4.69, 9.17) is 14.0 Å². The highest BCUT2D eigenvalue weighted by Crippen LogP contribution is 2.33. The molecule has 8 nitrogen and oxygen atoms in total. The Hall–Kier alpha value is -3.03. The van der Waals surface area contributed by atoms with Gasteiger partial charge in [0.2, 0.25) is 11.8 Å². The zero-order valence-electron chi connectivity index (χ0n) is 16.3. The quantitative estimate of drug-likeness (QED) is 0.788. The molecule has 0 unspecified atom stereocenters. The molecule has 1 aromatic heterocycles. The smallest absolute Gasteiger partial charge is 0.228 e. The Balaban J connectivity index is 1.53. The van der Waals surface area contributed by atoms with Crippen molar-refractivity contribution in [3.63, 3.8) is 0 Å². The summed E-state index contributed by atoms with van der Waals surface area (Å²) in [6, 6.07) is 6.93. The Kier molecular flexibility index (Phi) is 6.18. The number of aromatic nitrogens is 1. The van der Waals surface area contributed by atoms with Gasteiger partial charge in [0, 0.05) is 24.0 Å². The largest absolute Gasteiger partial charge is 0.497 e. The number of hydrogen-bond acceptors (Lipinski definition) is 6. The molecule has 0 atom stereocenters. The van der Waals surface area contributed by atoms with Gasteiger partial charge in [-0.05, 0) is 44.7 Å². The van der Waals surface area contributed by atoms with Gasteiger partial charge >= 0.3 is 0 Å². The van der Waals surface area contributed by atoms with Crippen LogP contribution in [0.2, 0.25) is 0 Å². The molecule has 0 bridgehead atoms. The minimum absolute atomic E-state index is 0.0607. The first kappa shape index (κ1) is 19.7. The first-order valence-electron chi connectivity index (χ1n) is 9.27. The van der Waals surface area contributed by atoms with Crippen LogP contribution in [-0.2, 0) is 9.59 Å². The number of nitrogens with zero attached hydrogens (tertiary/aromatic N) is 1. The topological polar surface area (TPSA) is 103 Å². The summed E-state index contributed by atoms with van der Waals surface area (Å²) in [6.07, 6.45) is 2.61. The first-order valence-corrected chi connectivity index (χ1v) is 9.27. The van der Waals surface area contributed by atoms with E-state index in [1.54, 1.807) is 45.4 Å². The van der Waals surface area contributed by atoms with Gasteiger partial charge in [-0.25, -0.2) is 0 Å². The Morgan fingerprint density at radius 1 is 1.00 bits per heavy atom. The third-order valence-corrected chi connectivity index (χ3v) is 5.01. The van der Waals surface area contributed by atoms with Gasteiger partial charge in [0.25, 0.3) is 0 Å². The lowest BCUT2D eigenvalue weighted by molar-refractivity contribution is -0.125. The van der Waals surface area contributed by atoms with E-state index in [1.165, 1.54) is 0 Å². The third-order valence-electron chi connectivity index (χ3n) is 5.01. The lowest BCUT2D eigenvalue weighted by Crippen LogP contribution is -2.32. The molecule has 1 aliphatic carbocycles. The highest BCUT2D eigenvalue weighted by molar-refractivity contribution is 5.95. The predicted octanol–water partition coefficient (Wildman–Crippen LogP) is 3.38. The van der Waals surface area contributed by atoms with E-state index in [1.807, 2.05) is 0 Å². The molecule has 2 amide bonds. The average molecular weight is 387 g/mol. The highest BCUT2D eigenvalue weighted by atomic mass is 16.5. The molecular formula is C20H25N3O5. The highest BCUT2D eigenvalue weighted by Gasteiger charge is 2.30. The predicted molar refractivity (Wildman–Crippen MR) is 103 cm³/mol. The van der Waals surface area contributed by atoms with Gasteiger partial charge in [0.15, 0.2) is 5.82 Å². The number of benzene rings is 1. The fourth-order valence-electron chi connectivity index (χ4n) is 3.41. The van der Waals surface area contributed by atoms with Crippen LogP contribution in [0.15, 0.2) is 28.8 Å². The molecule has 0 saturated heterocycles. The second kappa shape index (κ2) is 8.77. The molecule has 2 aromatic rings. The summed E-state index contributed by atoms with van der Waals surface area (Å²) in [6.45, 7) is 1.77. The van der Waals surface area contributed by atoms with E-state index < -0.39 is 0 Å². The minimum atomic E-state index is -0.134. The Morgan fingerprint density at radius 2 is 1.64 bits per heavy atom. The van der Waals surface area contributed by atoms with Crippen molar-refractivity contribution in [3.8, 4) is 11.5 Å². The van der Waals surface area contributed by atoms with Crippen molar-refractivity contribution in [1.29, 1.82) is 0 Å². The number of nitrogens with one attached hydrogen (secondary N) is 2. The number of anilines is 2. The molecule has 1 fully saturated rings. The fraction of sp³-hybridized carbons (Fsp3) is 0.450. The zero-order valence-corrected chi connectivity index (χ0v) is 16.3.